The van der Waals surface area contributed by atoms with Crippen LogP contribution in [0.3, 0.4) is 0 Å². The van der Waals surface area contributed by atoms with E-state index in [4.69, 9.17) is 4.84 Å². The van der Waals surface area contributed by atoms with Gasteiger partial charge in [-0.15, -0.1) is 0 Å². The molecular weight excluding hydrogens is 453 g/mol. The highest BCUT2D eigenvalue weighted by Gasteiger charge is 2.45. The van der Waals surface area contributed by atoms with Gasteiger partial charge in [0.25, 0.3) is 0 Å². The highest BCUT2D eigenvalue weighted by atomic mass is 19.4. The lowest BCUT2D eigenvalue weighted by Gasteiger charge is -2.41. The van der Waals surface area contributed by atoms with Gasteiger partial charge in [0.1, 0.15) is 6.23 Å². The second-order valence-corrected chi connectivity index (χ2v) is 10.0. The van der Waals surface area contributed by atoms with Gasteiger partial charge >= 0.3 is 6.18 Å². The van der Waals surface area contributed by atoms with Crippen LogP contribution in [0.2, 0.25) is 0 Å². The van der Waals surface area contributed by atoms with Crippen molar-refractivity contribution in [1.82, 2.24) is 32.3 Å². The summed E-state index contributed by atoms with van der Waals surface area (Å²) in [7, 11) is 0. The third kappa shape index (κ3) is 6.60. The van der Waals surface area contributed by atoms with Crippen LogP contribution in [0.15, 0.2) is 0 Å². The zero-order valence-corrected chi connectivity index (χ0v) is 19.4. The summed E-state index contributed by atoms with van der Waals surface area (Å²) in [4.78, 5) is 29.7. The minimum Gasteiger partial charge on any atom is -0.355 e. The minimum atomic E-state index is -4.15. The molecule has 2 heterocycles. The summed E-state index contributed by atoms with van der Waals surface area (Å²) in [6.45, 7) is 1.04. The predicted octanol–water partition coefficient (Wildman–Crippen LogP) is 1.38. The van der Waals surface area contributed by atoms with E-state index in [0.29, 0.717) is 25.9 Å². The van der Waals surface area contributed by atoms with E-state index in [9.17, 15) is 22.8 Å². The number of nitrogens with one attached hydrogen (secondary N) is 6. The van der Waals surface area contributed by atoms with Crippen molar-refractivity contribution in [2.45, 2.75) is 88.9 Å². The van der Waals surface area contributed by atoms with Gasteiger partial charge in [-0.3, -0.25) is 30.5 Å². The minimum absolute atomic E-state index is 0.00395. The third-order valence-corrected chi connectivity index (χ3v) is 7.73. The number of amides is 2. The van der Waals surface area contributed by atoms with E-state index in [1.807, 2.05) is 0 Å². The molecule has 2 amide bonds. The molecule has 0 aromatic carbocycles. The van der Waals surface area contributed by atoms with Crippen LogP contribution in [-0.2, 0) is 14.4 Å². The second-order valence-electron chi connectivity index (χ2n) is 10.0. The molecule has 194 valence electrons. The molecule has 2 aliphatic heterocycles. The van der Waals surface area contributed by atoms with Crippen molar-refractivity contribution in [3.63, 3.8) is 0 Å². The summed E-state index contributed by atoms with van der Waals surface area (Å²) in [6.07, 6.45) is 1.51. The summed E-state index contributed by atoms with van der Waals surface area (Å²) in [6, 6.07) is 0. The van der Waals surface area contributed by atoms with Crippen LogP contribution >= 0.6 is 0 Å². The van der Waals surface area contributed by atoms with Crippen molar-refractivity contribution < 1.29 is 27.6 Å². The molecule has 0 bridgehead atoms. The zero-order chi connectivity index (χ0) is 24.1. The SMILES string of the molecule is O=C(CCC1NC(C2CCCC(C(F)(F)F)C2)NO1)NCCNC1NNC(=O)C2CCCCC12. The van der Waals surface area contributed by atoms with Crippen molar-refractivity contribution in [2.75, 3.05) is 13.1 Å². The molecule has 0 aromatic rings. The van der Waals surface area contributed by atoms with Crippen molar-refractivity contribution in [3.8, 4) is 0 Å². The van der Waals surface area contributed by atoms with Crippen LogP contribution < -0.4 is 32.3 Å². The van der Waals surface area contributed by atoms with Crippen molar-refractivity contribution in [2.24, 2.45) is 23.7 Å². The Kier molecular flexibility index (Phi) is 8.67. The maximum Gasteiger partial charge on any atom is 0.391 e. The predicted molar refractivity (Wildman–Crippen MR) is 117 cm³/mol. The number of carbonyl (C=O) groups is 2. The number of fused-ring (bicyclic) bond motifs is 1. The molecule has 12 heteroatoms. The monoisotopic (exact) mass is 490 g/mol. The molecule has 4 rings (SSSR count). The summed E-state index contributed by atoms with van der Waals surface area (Å²) >= 11 is 0. The molecule has 0 spiro atoms. The number of alkyl halides is 3. The van der Waals surface area contributed by atoms with E-state index in [0.717, 1.165) is 32.1 Å². The quantitative estimate of drug-likeness (QED) is 0.285. The van der Waals surface area contributed by atoms with Crippen molar-refractivity contribution in [1.29, 1.82) is 0 Å². The first-order valence-electron chi connectivity index (χ1n) is 12.6. The number of hydrogen-bond donors (Lipinski definition) is 6. The maximum absolute atomic E-state index is 13.1. The van der Waals surface area contributed by atoms with Crippen molar-refractivity contribution >= 4 is 11.8 Å². The Labute approximate surface area is 198 Å². The lowest BCUT2D eigenvalue weighted by atomic mass is 9.76. The highest BCUT2D eigenvalue weighted by molar-refractivity contribution is 5.79. The van der Waals surface area contributed by atoms with Gasteiger partial charge in [-0.25, -0.2) is 5.43 Å². The summed E-state index contributed by atoms with van der Waals surface area (Å²) in [5.41, 5.74) is 8.62. The van der Waals surface area contributed by atoms with Crippen LogP contribution in [0.1, 0.15) is 64.2 Å². The maximum atomic E-state index is 13.1. The first-order valence-corrected chi connectivity index (χ1v) is 12.6. The van der Waals surface area contributed by atoms with Gasteiger partial charge < -0.3 is 5.32 Å². The third-order valence-electron chi connectivity index (χ3n) is 7.73. The fraction of sp³-hybridized carbons (Fsp3) is 0.909. The van der Waals surface area contributed by atoms with Crippen LogP contribution in [-0.4, -0.2) is 49.6 Å². The number of rotatable bonds is 8. The molecule has 7 atom stereocenters. The summed E-state index contributed by atoms with van der Waals surface area (Å²) in [5, 5.41) is 9.45. The molecule has 9 nitrogen and oxygen atoms in total. The normalized spacial score (nSPS) is 36.6. The Morgan fingerprint density at radius 2 is 1.91 bits per heavy atom. The molecular formula is C22H37F3N6O3. The van der Waals surface area contributed by atoms with Crippen LogP contribution in [0.5, 0.6) is 0 Å². The standard InChI is InChI=1S/C22H37F3N6O3/c23-22(24,25)14-5-3-4-13(12-14)19-28-18(34-31-19)9-8-17(32)26-10-11-27-20-15-6-1-2-7-16(15)21(33)30-29-20/h13-16,18-20,27-29,31H,1-12H2,(H,26,32)(H,30,33). The average Bonchev–Trinajstić information content (AvgIpc) is 3.31. The fourth-order valence-electron chi connectivity index (χ4n) is 5.84. The van der Waals surface area contributed by atoms with Gasteiger partial charge in [-0.1, -0.05) is 19.3 Å². The Morgan fingerprint density at radius 1 is 1.09 bits per heavy atom. The molecule has 7 unspecified atom stereocenters. The van der Waals surface area contributed by atoms with Gasteiger partial charge in [0.05, 0.1) is 18.2 Å². The lowest BCUT2D eigenvalue weighted by molar-refractivity contribution is -0.187. The molecule has 2 saturated carbocycles. The zero-order valence-electron chi connectivity index (χ0n) is 19.4. The number of hydrazine groups is 1. The van der Waals surface area contributed by atoms with Crippen LogP contribution in [0.25, 0.3) is 0 Å². The first-order chi connectivity index (χ1) is 16.3. The molecule has 0 aromatic heterocycles. The lowest BCUT2D eigenvalue weighted by Crippen LogP contribution is -2.64. The van der Waals surface area contributed by atoms with E-state index >= 15 is 0 Å². The highest BCUT2D eigenvalue weighted by Crippen LogP contribution is 2.41. The topological polar surface area (TPSA) is 116 Å². The number of halogens is 3. The summed E-state index contributed by atoms with van der Waals surface area (Å²) in [5.74, 6) is -1.12. The molecule has 6 N–H and O–H groups in total. The largest absolute Gasteiger partial charge is 0.391 e. The molecule has 2 aliphatic carbocycles. The van der Waals surface area contributed by atoms with Crippen LogP contribution in [0.4, 0.5) is 13.2 Å². The smallest absolute Gasteiger partial charge is 0.355 e. The van der Waals surface area contributed by atoms with E-state index in [2.05, 4.69) is 32.3 Å². The Balaban J connectivity index is 1.10. The molecule has 4 aliphatic rings. The molecule has 2 saturated heterocycles. The van der Waals surface area contributed by atoms with Crippen LogP contribution in [0, 0.1) is 23.7 Å². The first kappa shape index (κ1) is 25.6. The van der Waals surface area contributed by atoms with Gasteiger partial charge in [0.2, 0.25) is 11.8 Å². The van der Waals surface area contributed by atoms with E-state index < -0.39 is 18.3 Å². The second kappa shape index (κ2) is 11.5. The Bertz CT molecular complexity index is 712. The Morgan fingerprint density at radius 3 is 2.74 bits per heavy atom. The number of hydrogen-bond acceptors (Lipinski definition) is 7. The van der Waals surface area contributed by atoms with Gasteiger partial charge in [-0.05, 0) is 44.4 Å². The van der Waals surface area contributed by atoms with Gasteiger partial charge in [0.15, 0.2) is 0 Å². The number of hydroxylamine groups is 1. The molecule has 34 heavy (non-hydrogen) atoms. The van der Waals surface area contributed by atoms with E-state index in [1.165, 1.54) is 0 Å². The van der Waals surface area contributed by atoms with E-state index in [-0.39, 0.29) is 61.2 Å². The number of carbonyl (C=O) groups excluding carboxylic acids is 2. The van der Waals surface area contributed by atoms with Gasteiger partial charge in [-0.2, -0.15) is 18.7 Å². The van der Waals surface area contributed by atoms with Gasteiger partial charge in [0, 0.05) is 31.3 Å². The Hall–Kier alpha value is -1.47. The average molecular weight is 491 g/mol. The molecule has 4 fully saturated rings. The summed E-state index contributed by atoms with van der Waals surface area (Å²) < 4.78 is 39.2. The molecule has 0 radical (unpaired) electrons. The fourth-order valence-corrected chi connectivity index (χ4v) is 5.84. The van der Waals surface area contributed by atoms with E-state index in [1.54, 1.807) is 0 Å². The van der Waals surface area contributed by atoms with Crippen molar-refractivity contribution in [3.05, 3.63) is 0 Å².